The first kappa shape index (κ1) is 29.5. The van der Waals surface area contributed by atoms with Crippen molar-refractivity contribution in [3.63, 3.8) is 0 Å². The monoisotopic (exact) mass is 475 g/mol. The molecule has 0 aliphatic carbocycles. The first-order valence-corrected chi connectivity index (χ1v) is 12.5. The molecule has 0 fully saturated rings. The fourth-order valence-electron chi connectivity index (χ4n) is 3.81. The molecule has 0 aromatic heterocycles. The minimum absolute atomic E-state index is 0.00785. The van der Waals surface area contributed by atoms with Crippen molar-refractivity contribution < 1.29 is 19.1 Å². The van der Waals surface area contributed by atoms with Crippen LogP contribution in [0.3, 0.4) is 0 Å². The van der Waals surface area contributed by atoms with E-state index < -0.39 is 17.7 Å². The zero-order valence-corrected chi connectivity index (χ0v) is 22.3. The summed E-state index contributed by atoms with van der Waals surface area (Å²) < 4.78 is 5.28. The highest BCUT2D eigenvalue weighted by atomic mass is 16.6. The van der Waals surface area contributed by atoms with Gasteiger partial charge in [-0.2, -0.15) is 0 Å². The number of benzene rings is 1. The zero-order chi connectivity index (χ0) is 25.9. The van der Waals surface area contributed by atoms with Gasteiger partial charge in [-0.15, -0.1) is 0 Å². The fourth-order valence-corrected chi connectivity index (χ4v) is 3.81. The molecular formula is C27H45N3O4. The van der Waals surface area contributed by atoms with E-state index in [1.165, 1.54) is 0 Å². The molecular weight excluding hydrogens is 430 g/mol. The average Bonchev–Trinajstić information content (AvgIpc) is 2.73. The van der Waals surface area contributed by atoms with E-state index in [4.69, 9.17) is 4.74 Å². The molecule has 0 bridgehead atoms. The maximum atomic E-state index is 13.5. The van der Waals surface area contributed by atoms with Gasteiger partial charge >= 0.3 is 6.09 Å². The molecule has 1 aromatic rings. The molecule has 2 N–H and O–H groups in total. The molecule has 1 aromatic carbocycles. The Balaban J connectivity index is 3.26. The second kappa shape index (κ2) is 14.0. The summed E-state index contributed by atoms with van der Waals surface area (Å²) in [6, 6.07) is 8.35. The molecule has 192 valence electrons. The Morgan fingerprint density at radius 3 is 2.12 bits per heavy atom. The van der Waals surface area contributed by atoms with Gasteiger partial charge in [0.05, 0.1) is 0 Å². The van der Waals surface area contributed by atoms with Crippen LogP contribution in [-0.2, 0) is 14.3 Å². The predicted octanol–water partition coefficient (Wildman–Crippen LogP) is 5.21. The molecule has 0 aliphatic rings. The van der Waals surface area contributed by atoms with Gasteiger partial charge in [0, 0.05) is 12.1 Å². The Morgan fingerprint density at radius 2 is 1.59 bits per heavy atom. The zero-order valence-electron chi connectivity index (χ0n) is 22.3. The third-order valence-corrected chi connectivity index (χ3v) is 5.46. The van der Waals surface area contributed by atoms with E-state index in [0.29, 0.717) is 5.92 Å². The van der Waals surface area contributed by atoms with Crippen LogP contribution in [0.4, 0.5) is 4.79 Å². The lowest BCUT2D eigenvalue weighted by Gasteiger charge is -2.37. The number of hydrogen-bond donors (Lipinski definition) is 2. The molecule has 0 aliphatic heterocycles. The number of nitrogens with zero attached hydrogens (tertiary/aromatic N) is 1. The van der Waals surface area contributed by atoms with Crippen LogP contribution >= 0.6 is 0 Å². The van der Waals surface area contributed by atoms with Crippen molar-refractivity contribution in [1.82, 2.24) is 15.5 Å². The number of amides is 3. The van der Waals surface area contributed by atoms with Gasteiger partial charge in [-0.3, -0.25) is 9.59 Å². The van der Waals surface area contributed by atoms with Crippen molar-refractivity contribution in [2.45, 2.75) is 105 Å². The lowest BCUT2D eigenvalue weighted by molar-refractivity contribution is -0.143. The van der Waals surface area contributed by atoms with E-state index >= 15 is 0 Å². The molecule has 7 heteroatoms. The summed E-state index contributed by atoms with van der Waals surface area (Å²) in [6.07, 6.45) is 2.80. The van der Waals surface area contributed by atoms with Gasteiger partial charge in [-0.1, -0.05) is 57.5 Å². The number of carbonyl (C=O) groups excluding carboxylic acids is 3. The fraction of sp³-hybridized carbons (Fsp3) is 0.667. The Bertz CT molecular complexity index is 774. The summed E-state index contributed by atoms with van der Waals surface area (Å²) in [6.45, 7) is 15.3. The molecule has 1 rings (SSSR count). The van der Waals surface area contributed by atoms with Crippen LogP contribution in [0.2, 0.25) is 0 Å². The van der Waals surface area contributed by atoms with Crippen LogP contribution in [0.5, 0.6) is 0 Å². The van der Waals surface area contributed by atoms with E-state index in [2.05, 4.69) is 31.4 Å². The summed E-state index contributed by atoms with van der Waals surface area (Å²) in [4.78, 5) is 40.8. The standard InChI is InChI=1S/C27H45N3O4/c1-9-13-20(4)29-25(32)24(22-14-11-10-12-15-22)30(21(5)17-16-19(2)3)23(31)18-28-26(33)34-27(6,7)8/h10-12,14-15,19-21,24H,9,13,16-18H2,1-8H3,(H,28,33)(H,29,32). The summed E-state index contributed by atoms with van der Waals surface area (Å²) in [7, 11) is 0. The number of carbonyl (C=O) groups is 3. The normalized spacial score (nSPS) is 14.1. The molecule has 34 heavy (non-hydrogen) atoms. The van der Waals surface area contributed by atoms with E-state index in [1.807, 2.05) is 44.2 Å². The lowest BCUT2D eigenvalue weighted by Crippen LogP contribution is -2.52. The average molecular weight is 476 g/mol. The molecule has 0 radical (unpaired) electrons. The van der Waals surface area contributed by atoms with E-state index in [9.17, 15) is 14.4 Å². The molecule has 0 spiro atoms. The van der Waals surface area contributed by atoms with Gasteiger partial charge in [0.2, 0.25) is 11.8 Å². The number of rotatable bonds is 12. The SMILES string of the molecule is CCCC(C)NC(=O)C(c1ccccc1)N(C(=O)CNC(=O)OC(C)(C)C)C(C)CCC(C)C. The molecule has 3 amide bonds. The Labute approximate surface area is 206 Å². The molecule has 0 saturated carbocycles. The minimum Gasteiger partial charge on any atom is -0.444 e. The van der Waals surface area contributed by atoms with Gasteiger partial charge in [0.25, 0.3) is 0 Å². The van der Waals surface area contributed by atoms with Crippen molar-refractivity contribution in [2.24, 2.45) is 5.92 Å². The number of alkyl carbamates (subject to hydrolysis) is 1. The minimum atomic E-state index is -0.796. The maximum Gasteiger partial charge on any atom is 0.408 e. The highest BCUT2D eigenvalue weighted by Gasteiger charge is 2.35. The highest BCUT2D eigenvalue weighted by Crippen LogP contribution is 2.26. The van der Waals surface area contributed by atoms with E-state index in [1.54, 1.807) is 25.7 Å². The molecule has 0 saturated heterocycles. The maximum absolute atomic E-state index is 13.5. The van der Waals surface area contributed by atoms with Gasteiger partial charge in [0.1, 0.15) is 18.2 Å². The highest BCUT2D eigenvalue weighted by molar-refractivity contribution is 5.90. The number of hydrogen-bond acceptors (Lipinski definition) is 4. The van der Waals surface area contributed by atoms with Crippen molar-refractivity contribution in [3.8, 4) is 0 Å². The third kappa shape index (κ3) is 10.6. The van der Waals surface area contributed by atoms with E-state index in [-0.39, 0.29) is 30.4 Å². The number of nitrogens with one attached hydrogen (secondary N) is 2. The van der Waals surface area contributed by atoms with Crippen LogP contribution in [0.1, 0.15) is 92.7 Å². The van der Waals surface area contributed by atoms with Gasteiger partial charge in [-0.05, 0) is 65.4 Å². The van der Waals surface area contributed by atoms with Crippen LogP contribution in [0.25, 0.3) is 0 Å². The summed E-state index contributed by atoms with van der Waals surface area (Å²) >= 11 is 0. The largest absolute Gasteiger partial charge is 0.444 e. The van der Waals surface area contributed by atoms with Crippen molar-refractivity contribution in [1.29, 1.82) is 0 Å². The summed E-state index contributed by atoms with van der Waals surface area (Å²) in [5, 5.41) is 5.65. The first-order valence-electron chi connectivity index (χ1n) is 12.5. The predicted molar refractivity (Wildman–Crippen MR) is 136 cm³/mol. The van der Waals surface area contributed by atoms with Crippen LogP contribution in [-0.4, -0.2) is 47.0 Å². The van der Waals surface area contributed by atoms with Crippen molar-refractivity contribution in [3.05, 3.63) is 35.9 Å². The van der Waals surface area contributed by atoms with Crippen LogP contribution in [0, 0.1) is 5.92 Å². The molecule has 0 heterocycles. The van der Waals surface area contributed by atoms with Gasteiger partial charge in [0.15, 0.2) is 0 Å². The van der Waals surface area contributed by atoms with Crippen LogP contribution < -0.4 is 10.6 Å². The Hall–Kier alpha value is -2.57. The Kier molecular flexibility index (Phi) is 12.1. The summed E-state index contributed by atoms with van der Waals surface area (Å²) in [5.74, 6) is -0.0729. The topological polar surface area (TPSA) is 87.7 Å². The quantitative estimate of drug-likeness (QED) is 0.434. The summed E-state index contributed by atoms with van der Waals surface area (Å²) in [5.41, 5.74) is 0.0740. The molecule has 3 atom stereocenters. The van der Waals surface area contributed by atoms with E-state index in [0.717, 1.165) is 31.2 Å². The molecule has 7 nitrogen and oxygen atoms in total. The van der Waals surface area contributed by atoms with Crippen molar-refractivity contribution >= 4 is 17.9 Å². The van der Waals surface area contributed by atoms with Crippen LogP contribution in [0.15, 0.2) is 30.3 Å². The second-order valence-electron chi connectivity index (χ2n) is 10.5. The Morgan fingerprint density at radius 1 is 0.971 bits per heavy atom. The third-order valence-electron chi connectivity index (χ3n) is 5.46. The lowest BCUT2D eigenvalue weighted by atomic mass is 9.98. The van der Waals surface area contributed by atoms with Gasteiger partial charge in [-0.25, -0.2) is 4.79 Å². The smallest absolute Gasteiger partial charge is 0.408 e. The van der Waals surface area contributed by atoms with Crippen molar-refractivity contribution in [2.75, 3.05) is 6.54 Å². The van der Waals surface area contributed by atoms with Gasteiger partial charge < -0.3 is 20.3 Å². The first-order chi connectivity index (χ1) is 15.9. The second-order valence-corrected chi connectivity index (χ2v) is 10.5. The molecule has 3 unspecified atom stereocenters. The number of ether oxygens (including phenoxy) is 1.